The summed E-state index contributed by atoms with van der Waals surface area (Å²) in [6.07, 6.45) is 13.5. The first-order chi connectivity index (χ1) is 15.3. The van der Waals surface area contributed by atoms with Crippen LogP contribution in [0.2, 0.25) is 0 Å². The number of nitrogens with zero attached hydrogens (tertiary/aromatic N) is 4. The first kappa shape index (κ1) is 40.0. The molecule has 0 rings (SSSR count). The second kappa shape index (κ2) is 34.0. The van der Waals surface area contributed by atoms with E-state index < -0.39 is 0 Å². The molecule has 206 valence electrons. The summed E-state index contributed by atoms with van der Waals surface area (Å²) in [5.41, 5.74) is 0. The molecule has 0 fully saturated rings. The van der Waals surface area contributed by atoms with Crippen molar-refractivity contribution in [2.75, 3.05) is 80.5 Å². The summed E-state index contributed by atoms with van der Waals surface area (Å²) >= 11 is 0. The van der Waals surface area contributed by atoms with Crippen LogP contribution in [0, 0.1) is 0 Å². The summed E-state index contributed by atoms with van der Waals surface area (Å²) in [5.74, 6) is 0. The van der Waals surface area contributed by atoms with Gasteiger partial charge in [0.05, 0.1) is 0 Å². The molecule has 0 N–H and O–H groups in total. The summed E-state index contributed by atoms with van der Waals surface area (Å²) in [6.45, 7) is 23.1. The molecule has 0 aromatic heterocycles. The van der Waals surface area contributed by atoms with Crippen LogP contribution in [-0.4, -0.2) is 100 Å². The molecule has 0 saturated carbocycles. The van der Waals surface area contributed by atoms with Crippen molar-refractivity contribution in [3.63, 3.8) is 0 Å². The molecular weight excluding hydrogens is 404 g/mol. The molecule has 0 aliphatic heterocycles. The highest BCUT2D eigenvalue weighted by Crippen LogP contribution is 1.98. The molecule has 0 spiro atoms. The number of rotatable bonds is 19. The standard InChI is InChI=1S/C12H28N2.C10H24N2.C6H14.CH4/c1-5-7-10-14(4)12-9-8-11-13(3)6-2;1-5-11(3)9-7-8-10-12(4)6-2;1-3-5-6-4-2;/h5-12H2,1-4H3;5-10H2,1-4H3;3-6H2,1-2H3;1H4. The Hall–Kier alpha value is -0.160. The van der Waals surface area contributed by atoms with E-state index >= 15 is 0 Å². The van der Waals surface area contributed by atoms with E-state index in [-0.39, 0.29) is 7.43 Å². The first-order valence-corrected chi connectivity index (χ1v) is 14.1. The zero-order chi connectivity index (χ0) is 25.0. The molecule has 0 aromatic rings. The van der Waals surface area contributed by atoms with Gasteiger partial charge in [0.2, 0.25) is 0 Å². The maximum absolute atomic E-state index is 2.45. The minimum absolute atomic E-state index is 0. The molecule has 0 aliphatic carbocycles. The second-order valence-electron chi connectivity index (χ2n) is 9.47. The zero-order valence-electron chi connectivity index (χ0n) is 24.5. The van der Waals surface area contributed by atoms with E-state index in [1.54, 1.807) is 0 Å². The highest BCUT2D eigenvalue weighted by molar-refractivity contribution is 4.54. The van der Waals surface area contributed by atoms with Crippen LogP contribution in [0.4, 0.5) is 0 Å². The van der Waals surface area contributed by atoms with Crippen molar-refractivity contribution in [2.24, 2.45) is 0 Å². The summed E-state index contributed by atoms with van der Waals surface area (Å²) in [4.78, 5) is 9.57. The van der Waals surface area contributed by atoms with Gasteiger partial charge in [-0.25, -0.2) is 0 Å². The third-order valence-corrected chi connectivity index (χ3v) is 6.13. The van der Waals surface area contributed by atoms with Crippen LogP contribution < -0.4 is 0 Å². The molecule has 0 atom stereocenters. The van der Waals surface area contributed by atoms with Crippen LogP contribution in [0.5, 0.6) is 0 Å². The van der Waals surface area contributed by atoms with Crippen molar-refractivity contribution in [1.82, 2.24) is 19.6 Å². The van der Waals surface area contributed by atoms with E-state index in [2.05, 4.69) is 89.3 Å². The zero-order valence-corrected chi connectivity index (χ0v) is 24.5. The Kier molecular flexibility index (Phi) is 41.3. The molecule has 0 aliphatic rings. The van der Waals surface area contributed by atoms with Crippen molar-refractivity contribution in [3.05, 3.63) is 0 Å². The fraction of sp³-hybridized carbons (Fsp3) is 1.00. The van der Waals surface area contributed by atoms with Gasteiger partial charge in [-0.1, -0.05) is 81.1 Å². The smallest absolute Gasteiger partial charge is 0.00213 e. The first-order valence-electron chi connectivity index (χ1n) is 14.1. The predicted octanol–water partition coefficient (Wildman–Crippen LogP) is 7.34. The molecule has 0 unspecified atom stereocenters. The topological polar surface area (TPSA) is 13.0 Å². The molecule has 4 nitrogen and oxygen atoms in total. The minimum atomic E-state index is 0. The summed E-state index contributed by atoms with van der Waals surface area (Å²) in [6, 6.07) is 0. The highest BCUT2D eigenvalue weighted by Gasteiger charge is 1.98. The fourth-order valence-electron chi connectivity index (χ4n) is 3.04. The van der Waals surface area contributed by atoms with Gasteiger partial charge in [0, 0.05) is 0 Å². The van der Waals surface area contributed by atoms with Gasteiger partial charge < -0.3 is 19.6 Å². The molecular formula is C29H70N4. The van der Waals surface area contributed by atoms with Gasteiger partial charge in [0.1, 0.15) is 0 Å². The third-order valence-electron chi connectivity index (χ3n) is 6.13. The molecule has 0 aromatic carbocycles. The lowest BCUT2D eigenvalue weighted by molar-refractivity contribution is 0.296. The number of hydrogen-bond donors (Lipinski definition) is 0. The summed E-state index contributed by atoms with van der Waals surface area (Å²) in [7, 11) is 8.80. The van der Waals surface area contributed by atoms with Crippen molar-refractivity contribution >= 4 is 0 Å². The van der Waals surface area contributed by atoms with E-state index in [4.69, 9.17) is 0 Å². The summed E-state index contributed by atoms with van der Waals surface area (Å²) in [5, 5.41) is 0. The van der Waals surface area contributed by atoms with E-state index in [0.29, 0.717) is 0 Å². The number of unbranched alkanes of at least 4 members (excludes halogenated alkanes) is 6. The normalized spacial score (nSPS) is 10.7. The molecule has 0 amide bonds. The molecule has 0 saturated heterocycles. The molecule has 4 heteroatoms. The quantitative estimate of drug-likeness (QED) is 0.181. The van der Waals surface area contributed by atoms with Gasteiger partial charge >= 0.3 is 0 Å². The largest absolute Gasteiger partial charge is 0.307 e. The van der Waals surface area contributed by atoms with Crippen LogP contribution in [0.25, 0.3) is 0 Å². The lowest BCUT2D eigenvalue weighted by Crippen LogP contribution is -2.23. The predicted molar refractivity (Wildman–Crippen MR) is 157 cm³/mol. The lowest BCUT2D eigenvalue weighted by atomic mass is 10.2. The van der Waals surface area contributed by atoms with Gasteiger partial charge in [-0.05, 0) is 113 Å². The van der Waals surface area contributed by atoms with Gasteiger partial charge in [-0.2, -0.15) is 0 Å². The van der Waals surface area contributed by atoms with Crippen molar-refractivity contribution in [2.45, 2.75) is 113 Å². The fourth-order valence-corrected chi connectivity index (χ4v) is 3.04. The van der Waals surface area contributed by atoms with Crippen molar-refractivity contribution in [1.29, 1.82) is 0 Å². The molecule has 0 heterocycles. The molecule has 33 heavy (non-hydrogen) atoms. The second-order valence-corrected chi connectivity index (χ2v) is 9.47. The van der Waals surface area contributed by atoms with Gasteiger partial charge in [-0.3, -0.25) is 0 Å². The third kappa shape index (κ3) is 39.4. The Morgan fingerprint density at radius 1 is 0.333 bits per heavy atom. The van der Waals surface area contributed by atoms with Gasteiger partial charge in [0.15, 0.2) is 0 Å². The maximum Gasteiger partial charge on any atom is -0.00213 e. The van der Waals surface area contributed by atoms with E-state index in [1.165, 1.54) is 117 Å². The Bertz CT molecular complexity index is 296. The Morgan fingerprint density at radius 2 is 0.576 bits per heavy atom. The van der Waals surface area contributed by atoms with E-state index in [9.17, 15) is 0 Å². The average Bonchev–Trinajstić information content (AvgIpc) is 2.81. The maximum atomic E-state index is 2.45. The van der Waals surface area contributed by atoms with Gasteiger partial charge in [0.25, 0.3) is 0 Å². The van der Waals surface area contributed by atoms with Crippen LogP contribution in [0.1, 0.15) is 113 Å². The van der Waals surface area contributed by atoms with Crippen LogP contribution in [0.3, 0.4) is 0 Å². The monoisotopic (exact) mass is 475 g/mol. The summed E-state index contributed by atoms with van der Waals surface area (Å²) < 4.78 is 0. The van der Waals surface area contributed by atoms with E-state index in [0.717, 1.165) is 0 Å². The van der Waals surface area contributed by atoms with Crippen LogP contribution in [0.15, 0.2) is 0 Å². The van der Waals surface area contributed by atoms with Gasteiger partial charge in [-0.15, -0.1) is 0 Å². The van der Waals surface area contributed by atoms with Crippen LogP contribution >= 0.6 is 0 Å². The number of hydrogen-bond acceptors (Lipinski definition) is 4. The molecule has 0 bridgehead atoms. The van der Waals surface area contributed by atoms with Crippen molar-refractivity contribution < 1.29 is 0 Å². The Balaban J connectivity index is -0.000000202. The van der Waals surface area contributed by atoms with E-state index in [1.807, 2.05) is 0 Å². The highest BCUT2D eigenvalue weighted by atomic mass is 15.1. The SMILES string of the molecule is C.CCCCCC.CCCCN(C)CCCCN(C)CC.CCN(C)CCCCN(C)CC. The Labute approximate surface area is 213 Å². The Morgan fingerprint density at radius 3 is 0.818 bits per heavy atom. The lowest BCUT2D eigenvalue weighted by Gasteiger charge is -2.17. The molecule has 0 radical (unpaired) electrons. The minimum Gasteiger partial charge on any atom is -0.307 e. The average molecular weight is 475 g/mol. The van der Waals surface area contributed by atoms with Crippen LogP contribution in [-0.2, 0) is 0 Å². The van der Waals surface area contributed by atoms with Crippen molar-refractivity contribution in [3.8, 4) is 0 Å².